The molecule has 2 amide bonds. The molecule has 1 atom stereocenters. The van der Waals surface area contributed by atoms with Crippen molar-refractivity contribution in [2.45, 2.75) is 30.8 Å². The SMILES string of the molecule is CNC(=O)[C@H](Cc1ccccc1)N(Cc1ccc(C)cc1)C(=O)CN(c1cccc(Cl)c1)S(=O)(=O)c1ccccc1. The first-order valence-electron chi connectivity index (χ1n) is 13.1. The lowest BCUT2D eigenvalue weighted by Gasteiger charge is -2.33. The molecule has 4 aromatic rings. The fourth-order valence-electron chi connectivity index (χ4n) is 4.49. The zero-order valence-corrected chi connectivity index (χ0v) is 24.5. The molecule has 0 unspecified atom stereocenters. The van der Waals surface area contributed by atoms with E-state index < -0.39 is 28.5 Å². The number of hydrogen-bond acceptors (Lipinski definition) is 4. The number of sulfonamides is 1. The Balaban J connectivity index is 1.78. The van der Waals surface area contributed by atoms with Crippen LogP contribution in [-0.4, -0.2) is 44.8 Å². The maximum absolute atomic E-state index is 14.2. The van der Waals surface area contributed by atoms with E-state index >= 15 is 0 Å². The number of rotatable bonds is 11. The quantitative estimate of drug-likeness (QED) is 0.260. The largest absolute Gasteiger partial charge is 0.357 e. The van der Waals surface area contributed by atoms with Gasteiger partial charge in [-0.2, -0.15) is 0 Å². The van der Waals surface area contributed by atoms with Gasteiger partial charge in [0.15, 0.2) is 0 Å². The third-order valence-corrected chi connectivity index (χ3v) is 8.72. The number of aryl methyl sites for hydroxylation is 1. The molecule has 4 rings (SSSR count). The predicted molar refractivity (Wildman–Crippen MR) is 162 cm³/mol. The van der Waals surface area contributed by atoms with Gasteiger partial charge in [-0.3, -0.25) is 13.9 Å². The van der Waals surface area contributed by atoms with E-state index in [0.717, 1.165) is 21.0 Å². The Kier molecular flexibility index (Phi) is 9.81. The molecule has 41 heavy (non-hydrogen) atoms. The van der Waals surface area contributed by atoms with Gasteiger partial charge >= 0.3 is 0 Å². The monoisotopic (exact) mass is 589 g/mol. The molecule has 0 fully saturated rings. The molecular weight excluding hydrogens is 558 g/mol. The van der Waals surface area contributed by atoms with Crippen molar-refractivity contribution in [3.05, 3.63) is 131 Å². The van der Waals surface area contributed by atoms with E-state index in [0.29, 0.717) is 5.02 Å². The zero-order valence-electron chi connectivity index (χ0n) is 22.9. The third-order valence-electron chi connectivity index (χ3n) is 6.70. The van der Waals surface area contributed by atoms with Crippen LogP contribution in [0.15, 0.2) is 114 Å². The minimum Gasteiger partial charge on any atom is -0.357 e. The topological polar surface area (TPSA) is 86.8 Å². The molecule has 0 saturated heterocycles. The van der Waals surface area contributed by atoms with Gasteiger partial charge in [0.1, 0.15) is 12.6 Å². The molecule has 9 heteroatoms. The van der Waals surface area contributed by atoms with Crippen LogP contribution in [0.2, 0.25) is 5.02 Å². The second-order valence-electron chi connectivity index (χ2n) is 9.63. The summed E-state index contributed by atoms with van der Waals surface area (Å²) in [6.07, 6.45) is 0.251. The molecule has 0 saturated carbocycles. The molecular formula is C32H32ClN3O4S. The summed E-state index contributed by atoms with van der Waals surface area (Å²) in [5, 5.41) is 3.01. The summed E-state index contributed by atoms with van der Waals surface area (Å²) in [4.78, 5) is 29.0. The maximum atomic E-state index is 14.2. The first-order valence-corrected chi connectivity index (χ1v) is 14.9. The highest BCUT2D eigenvalue weighted by Crippen LogP contribution is 2.27. The summed E-state index contributed by atoms with van der Waals surface area (Å²) >= 11 is 6.24. The predicted octanol–water partition coefficient (Wildman–Crippen LogP) is 5.23. The molecule has 1 N–H and O–H groups in total. The van der Waals surface area contributed by atoms with Crippen LogP contribution < -0.4 is 9.62 Å². The van der Waals surface area contributed by atoms with Gasteiger partial charge in [-0.15, -0.1) is 0 Å². The molecule has 0 spiro atoms. The van der Waals surface area contributed by atoms with Gasteiger partial charge in [0.2, 0.25) is 11.8 Å². The average molecular weight is 590 g/mol. The number of likely N-dealkylation sites (N-methyl/N-ethyl adjacent to an activating group) is 1. The van der Waals surface area contributed by atoms with E-state index in [1.165, 1.54) is 30.1 Å². The first kappa shape index (κ1) is 29.8. The van der Waals surface area contributed by atoms with Gasteiger partial charge < -0.3 is 10.2 Å². The van der Waals surface area contributed by atoms with Crippen molar-refractivity contribution in [2.75, 3.05) is 17.9 Å². The summed E-state index contributed by atoms with van der Waals surface area (Å²) in [6, 6.07) is 30.4. The molecule has 0 bridgehead atoms. The number of amides is 2. The van der Waals surface area contributed by atoms with Crippen molar-refractivity contribution in [3.63, 3.8) is 0 Å². The Hall–Kier alpha value is -4.14. The minimum absolute atomic E-state index is 0.0324. The van der Waals surface area contributed by atoms with Gasteiger partial charge in [-0.1, -0.05) is 96.0 Å². The lowest BCUT2D eigenvalue weighted by Crippen LogP contribution is -2.53. The average Bonchev–Trinajstić information content (AvgIpc) is 2.99. The van der Waals surface area contributed by atoms with Gasteiger partial charge in [0.05, 0.1) is 10.6 Å². The summed E-state index contributed by atoms with van der Waals surface area (Å²) in [5.41, 5.74) is 2.97. The lowest BCUT2D eigenvalue weighted by atomic mass is 10.0. The van der Waals surface area contributed by atoms with Crippen LogP contribution >= 0.6 is 11.6 Å². The summed E-state index contributed by atoms with van der Waals surface area (Å²) < 4.78 is 28.8. The van der Waals surface area contributed by atoms with Crippen LogP contribution in [0.25, 0.3) is 0 Å². The van der Waals surface area contributed by atoms with Gasteiger partial charge in [0, 0.05) is 25.0 Å². The number of halogens is 1. The van der Waals surface area contributed by atoms with Crippen molar-refractivity contribution in [3.8, 4) is 0 Å². The number of carbonyl (C=O) groups is 2. The highest BCUT2D eigenvalue weighted by molar-refractivity contribution is 7.92. The molecule has 0 heterocycles. The summed E-state index contributed by atoms with van der Waals surface area (Å²) in [7, 11) is -2.64. The van der Waals surface area contributed by atoms with Crippen LogP contribution in [0.1, 0.15) is 16.7 Å². The summed E-state index contributed by atoms with van der Waals surface area (Å²) in [6.45, 7) is 1.54. The fraction of sp³-hybridized carbons (Fsp3) is 0.188. The van der Waals surface area contributed by atoms with Crippen LogP contribution in [-0.2, 0) is 32.6 Å². The van der Waals surface area contributed by atoms with Crippen LogP contribution in [0.5, 0.6) is 0 Å². The van der Waals surface area contributed by atoms with Crippen molar-refractivity contribution in [1.82, 2.24) is 10.2 Å². The Bertz CT molecular complexity index is 1580. The highest BCUT2D eigenvalue weighted by Gasteiger charge is 2.34. The molecule has 0 aromatic heterocycles. The first-order chi connectivity index (χ1) is 19.7. The molecule has 212 valence electrons. The molecule has 0 aliphatic rings. The van der Waals surface area contributed by atoms with Gasteiger partial charge in [-0.05, 0) is 48.4 Å². The Labute approximate surface area is 246 Å². The van der Waals surface area contributed by atoms with Crippen LogP contribution in [0.4, 0.5) is 5.69 Å². The fourth-order valence-corrected chi connectivity index (χ4v) is 6.10. The van der Waals surface area contributed by atoms with E-state index in [9.17, 15) is 18.0 Å². The van der Waals surface area contributed by atoms with E-state index in [4.69, 9.17) is 11.6 Å². The molecule has 7 nitrogen and oxygen atoms in total. The molecule has 0 aliphatic carbocycles. The smallest absolute Gasteiger partial charge is 0.264 e. The minimum atomic E-state index is -4.16. The Morgan fingerprint density at radius 1 is 0.829 bits per heavy atom. The van der Waals surface area contributed by atoms with E-state index in [1.807, 2.05) is 61.5 Å². The number of benzene rings is 4. The van der Waals surface area contributed by atoms with E-state index in [2.05, 4.69) is 5.32 Å². The third kappa shape index (κ3) is 7.54. The van der Waals surface area contributed by atoms with Crippen molar-refractivity contribution >= 4 is 39.1 Å². The number of nitrogens with one attached hydrogen (secondary N) is 1. The lowest BCUT2D eigenvalue weighted by molar-refractivity contribution is -0.139. The zero-order chi connectivity index (χ0) is 29.4. The summed E-state index contributed by atoms with van der Waals surface area (Å²) in [5.74, 6) is -0.885. The Morgan fingerprint density at radius 3 is 2.07 bits per heavy atom. The number of hydrogen-bond donors (Lipinski definition) is 1. The van der Waals surface area contributed by atoms with Crippen molar-refractivity contribution in [2.24, 2.45) is 0 Å². The number of carbonyl (C=O) groups excluding carboxylic acids is 2. The second-order valence-corrected chi connectivity index (χ2v) is 11.9. The van der Waals surface area contributed by atoms with E-state index in [-0.39, 0.29) is 29.5 Å². The molecule has 0 radical (unpaired) electrons. The Morgan fingerprint density at radius 2 is 1.46 bits per heavy atom. The molecule has 0 aliphatic heterocycles. The van der Waals surface area contributed by atoms with Crippen LogP contribution in [0, 0.1) is 6.92 Å². The molecule has 4 aromatic carbocycles. The highest BCUT2D eigenvalue weighted by atomic mass is 35.5. The van der Waals surface area contributed by atoms with Gasteiger partial charge in [0.25, 0.3) is 10.0 Å². The number of nitrogens with zero attached hydrogens (tertiary/aromatic N) is 2. The second kappa shape index (κ2) is 13.5. The standard InChI is InChI=1S/C32H32ClN3O4S/c1-24-16-18-26(19-17-24)22-35(30(32(38)34-2)20-25-10-5-3-6-11-25)31(37)23-36(28-13-9-12-27(33)21-28)41(39,40)29-14-7-4-8-15-29/h3-19,21,30H,20,22-23H2,1-2H3,(H,34,38)/t30-/m0/s1. The number of anilines is 1. The van der Waals surface area contributed by atoms with Crippen LogP contribution in [0.3, 0.4) is 0 Å². The van der Waals surface area contributed by atoms with Crippen molar-refractivity contribution < 1.29 is 18.0 Å². The normalized spacial score (nSPS) is 11.9. The van der Waals surface area contributed by atoms with Gasteiger partial charge in [-0.25, -0.2) is 8.42 Å². The van der Waals surface area contributed by atoms with Crippen molar-refractivity contribution in [1.29, 1.82) is 0 Å². The maximum Gasteiger partial charge on any atom is 0.264 e. The van der Waals surface area contributed by atoms with E-state index in [1.54, 1.807) is 36.4 Å².